The molecule has 0 saturated heterocycles. The Labute approximate surface area is 164 Å². The Kier molecular flexibility index (Phi) is 6.02. The van der Waals surface area contributed by atoms with Crippen LogP contribution in [0.3, 0.4) is 0 Å². The van der Waals surface area contributed by atoms with Crippen LogP contribution in [-0.2, 0) is 9.53 Å². The molecule has 0 bridgehead atoms. The fraction of sp³-hybridized carbons (Fsp3) is 0.318. The maximum atomic E-state index is 12.8. The van der Waals surface area contributed by atoms with E-state index in [2.05, 4.69) is 5.32 Å². The van der Waals surface area contributed by atoms with Crippen LogP contribution in [0.1, 0.15) is 45.2 Å². The first-order chi connectivity index (χ1) is 13.4. The van der Waals surface area contributed by atoms with E-state index in [9.17, 15) is 14.4 Å². The van der Waals surface area contributed by atoms with E-state index in [0.717, 1.165) is 13.0 Å². The van der Waals surface area contributed by atoms with Gasteiger partial charge in [0.05, 0.1) is 6.04 Å². The van der Waals surface area contributed by atoms with Crippen molar-refractivity contribution in [3.8, 4) is 0 Å². The second-order valence-electron chi connectivity index (χ2n) is 6.96. The number of hydrogen-bond donors (Lipinski definition) is 1. The number of rotatable bonds is 7. The molecule has 1 aliphatic rings. The topological polar surface area (TPSA) is 75.7 Å². The quantitative estimate of drug-likeness (QED) is 0.638. The summed E-state index contributed by atoms with van der Waals surface area (Å²) in [6.07, 6.45) is 0.833. The van der Waals surface area contributed by atoms with E-state index in [1.165, 1.54) is 0 Å². The van der Waals surface area contributed by atoms with Crippen molar-refractivity contribution in [2.45, 2.75) is 19.4 Å². The molecule has 1 unspecified atom stereocenters. The molecule has 6 nitrogen and oxygen atoms in total. The van der Waals surface area contributed by atoms with Crippen LogP contribution in [0.15, 0.2) is 42.5 Å². The van der Waals surface area contributed by atoms with Crippen LogP contribution >= 0.6 is 0 Å². The molecular weight excluding hydrogens is 356 g/mol. The molecule has 28 heavy (non-hydrogen) atoms. The van der Waals surface area contributed by atoms with Crippen molar-refractivity contribution >= 4 is 23.2 Å². The molecule has 146 valence electrons. The van der Waals surface area contributed by atoms with Gasteiger partial charge in [0.25, 0.3) is 0 Å². The number of methoxy groups -OCH3 is 1. The highest BCUT2D eigenvalue weighted by atomic mass is 16.5. The lowest BCUT2D eigenvalue weighted by atomic mass is 9.84. The number of benzene rings is 2. The minimum absolute atomic E-state index is 0.171. The zero-order valence-corrected chi connectivity index (χ0v) is 16.3. The molecule has 0 saturated carbocycles. The Hall–Kier alpha value is -2.83. The first-order valence-electron chi connectivity index (χ1n) is 9.26. The average Bonchev–Trinajstić information content (AvgIpc) is 2.71. The van der Waals surface area contributed by atoms with Gasteiger partial charge in [-0.05, 0) is 38.6 Å². The Balaban J connectivity index is 1.76. The fourth-order valence-electron chi connectivity index (χ4n) is 3.28. The second-order valence-corrected chi connectivity index (χ2v) is 6.96. The van der Waals surface area contributed by atoms with E-state index in [1.807, 2.05) is 18.9 Å². The van der Waals surface area contributed by atoms with Gasteiger partial charge in [-0.3, -0.25) is 19.3 Å². The summed E-state index contributed by atoms with van der Waals surface area (Å²) in [6.45, 7) is 3.20. The highest BCUT2D eigenvalue weighted by Gasteiger charge is 2.29. The smallest absolute Gasteiger partial charge is 0.241 e. The Morgan fingerprint density at radius 3 is 2.29 bits per heavy atom. The minimum atomic E-state index is -0.342. The number of fused-ring (bicyclic) bond motifs is 2. The second kappa shape index (κ2) is 8.46. The summed E-state index contributed by atoms with van der Waals surface area (Å²) in [5.74, 6) is -0.546. The highest BCUT2D eigenvalue weighted by molar-refractivity contribution is 6.28. The van der Waals surface area contributed by atoms with Gasteiger partial charge in [-0.15, -0.1) is 0 Å². The monoisotopic (exact) mass is 380 g/mol. The van der Waals surface area contributed by atoms with Crippen molar-refractivity contribution < 1.29 is 19.1 Å². The summed E-state index contributed by atoms with van der Waals surface area (Å²) in [6, 6.07) is 11.3. The predicted octanol–water partition coefficient (Wildman–Crippen LogP) is 2.76. The van der Waals surface area contributed by atoms with Gasteiger partial charge in [-0.2, -0.15) is 0 Å². The summed E-state index contributed by atoms with van der Waals surface area (Å²) >= 11 is 0. The number of amides is 1. The largest absolute Gasteiger partial charge is 0.385 e. The van der Waals surface area contributed by atoms with E-state index in [4.69, 9.17) is 4.74 Å². The SMILES string of the molecule is COCCCN(C)C(C)C(=O)Nc1ccc2c(c1)C(=O)c1ccccc1C2=O. The number of anilines is 1. The molecule has 0 radical (unpaired) electrons. The summed E-state index contributed by atoms with van der Waals surface area (Å²) in [4.78, 5) is 40.0. The molecule has 0 spiro atoms. The van der Waals surface area contributed by atoms with Gasteiger partial charge in [0.1, 0.15) is 0 Å². The molecule has 6 heteroatoms. The number of carbonyl (C=O) groups excluding carboxylic acids is 3. The number of ketones is 2. The van der Waals surface area contributed by atoms with Gasteiger partial charge in [-0.1, -0.05) is 24.3 Å². The van der Waals surface area contributed by atoms with E-state index in [1.54, 1.807) is 49.6 Å². The average molecular weight is 380 g/mol. The molecule has 1 atom stereocenters. The minimum Gasteiger partial charge on any atom is -0.385 e. The zero-order chi connectivity index (χ0) is 20.3. The van der Waals surface area contributed by atoms with Crippen molar-refractivity contribution in [1.29, 1.82) is 0 Å². The number of ether oxygens (including phenoxy) is 1. The Morgan fingerprint density at radius 1 is 1.04 bits per heavy atom. The molecule has 3 rings (SSSR count). The summed E-state index contributed by atoms with van der Waals surface area (Å²) in [7, 11) is 3.53. The van der Waals surface area contributed by atoms with Crippen molar-refractivity contribution in [2.24, 2.45) is 0 Å². The number of nitrogens with zero attached hydrogens (tertiary/aromatic N) is 1. The van der Waals surface area contributed by atoms with Crippen molar-refractivity contribution in [2.75, 3.05) is 32.6 Å². The zero-order valence-electron chi connectivity index (χ0n) is 16.3. The third kappa shape index (κ3) is 3.88. The Bertz CT molecular complexity index is 923. The molecule has 0 aliphatic heterocycles. The maximum absolute atomic E-state index is 12.8. The fourth-order valence-corrected chi connectivity index (χ4v) is 3.28. The molecule has 0 heterocycles. The number of nitrogens with one attached hydrogen (secondary N) is 1. The first kappa shape index (κ1) is 19.9. The standard InChI is InChI=1S/C22H24N2O4/c1-14(24(2)11-6-12-28-3)22(27)23-15-9-10-18-19(13-15)21(26)17-8-5-4-7-16(17)20(18)25/h4-5,7-10,13-14H,6,11-12H2,1-3H3,(H,23,27). The molecular formula is C22H24N2O4. The number of hydrogen-bond acceptors (Lipinski definition) is 5. The summed E-state index contributed by atoms with van der Waals surface area (Å²) < 4.78 is 5.04. The normalized spacial score (nSPS) is 13.9. The molecule has 2 aromatic rings. The van der Waals surface area contributed by atoms with E-state index in [-0.39, 0.29) is 23.5 Å². The summed E-state index contributed by atoms with van der Waals surface area (Å²) in [5, 5.41) is 2.85. The summed E-state index contributed by atoms with van der Waals surface area (Å²) in [5.41, 5.74) is 2.01. The van der Waals surface area contributed by atoms with Gasteiger partial charge >= 0.3 is 0 Å². The van der Waals surface area contributed by atoms with Gasteiger partial charge in [-0.25, -0.2) is 0 Å². The van der Waals surface area contributed by atoms with Crippen molar-refractivity contribution in [3.05, 3.63) is 64.7 Å². The van der Waals surface area contributed by atoms with Crippen LogP contribution in [0.25, 0.3) is 0 Å². The van der Waals surface area contributed by atoms with Crippen LogP contribution in [0.2, 0.25) is 0 Å². The molecule has 2 aromatic carbocycles. The van der Waals surface area contributed by atoms with E-state index in [0.29, 0.717) is 34.5 Å². The van der Waals surface area contributed by atoms with Crippen LogP contribution < -0.4 is 5.32 Å². The molecule has 1 N–H and O–H groups in total. The van der Waals surface area contributed by atoms with Gasteiger partial charge < -0.3 is 10.1 Å². The van der Waals surface area contributed by atoms with Gasteiger partial charge in [0, 0.05) is 48.2 Å². The van der Waals surface area contributed by atoms with Crippen LogP contribution in [0.4, 0.5) is 5.69 Å². The predicted molar refractivity (Wildman–Crippen MR) is 107 cm³/mol. The molecule has 1 aliphatic carbocycles. The Morgan fingerprint density at radius 2 is 1.64 bits per heavy atom. The number of likely N-dealkylation sites (N-methyl/N-ethyl adjacent to an activating group) is 1. The third-order valence-electron chi connectivity index (χ3n) is 5.09. The van der Waals surface area contributed by atoms with Crippen LogP contribution in [-0.4, -0.2) is 55.7 Å². The van der Waals surface area contributed by atoms with Crippen molar-refractivity contribution in [3.63, 3.8) is 0 Å². The van der Waals surface area contributed by atoms with E-state index < -0.39 is 0 Å². The van der Waals surface area contributed by atoms with Gasteiger partial charge in [0.15, 0.2) is 11.6 Å². The van der Waals surface area contributed by atoms with Crippen molar-refractivity contribution in [1.82, 2.24) is 4.90 Å². The van der Waals surface area contributed by atoms with Crippen LogP contribution in [0.5, 0.6) is 0 Å². The van der Waals surface area contributed by atoms with E-state index >= 15 is 0 Å². The number of carbonyl (C=O) groups is 3. The third-order valence-corrected chi connectivity index (χ3v) is 5.09. The molecule has 0 fully saturated rings. The first-order valence-corrected chi connectivity index (χ1v) is 9.26. The molecule has 0 aromatic heterocycles. The lowest BCUT2D eigenvalue weighted by molar-refractivity contribution is -0.120. The highest BCUT2D eigenvalue weighted by Crippen LogP contribution is 2.29. The lowest BCUT2D eigenvalue weighted by Gasteiger charge is -2.24. The van der Waals surface area contributed by atoms with Crippen LogP contribution in [0, 0.1) is 0 Å². The van der Waals surface area contributed by atoms with Gasteiger partial charge in [0.2, 0.25) is 5.91 Å². The molecule has 1 amide bonds. The lowest BCUT2D eigenvalue weighted by Crippen LogP contribution is -2.40. The maximum Gasteiger partial charge on any atom is 0.241 e.